The van der Waals surface area contributed by atoms with Crippen LogP contribution in [0.25, 0.3) is 5.57 Å². The minimum Gasteiger partial charge on any atom is -0.294 e. The van der Waals surface area contributed by atoms with E-state index in [2.05, 4.69) is 19.9 Å². The molecular formula is C23H26O2. The van der Waals surface area contributed by atoms with Crippen molar-refractivity contribution in [2.75, 3.05) is 0 Å². The molecule has 2 heteroatoms. The number of Topliss-reactive ketones (excluding diaryl/α,β-unsaturated/α-hetero) is 2. The van der Waals surface area contributed by atoms with Gasteiger partial charge in [0.1, 0.15) is 0 Å². The van der Waals surface area contributed by atoms with Crippen molar-refractivity contribution < 1.29 is 9.59 Å². The average Bonchev–Trinajstić information content (AvgIpc) is 3.24. The van der Waals surface area contributed by atoms with Crippen molar-refractivity contribution in [1.29, 1.82) is 0 Å². The predicted octanol–water partition coefficient (Wildman–Crippen LogP) is 4.47. The van der Waals surface area contributed by atoms with Gasteiger partial charge in [0.05, 0.1) is 5.92 Å². The van der Waals surface area contributed by atoms with Crippen LogP contribution in [0.15, 0.2) is 29.8 Å². The summed E-state index contributed by atoms with van der Waals surface area (Å²) >= 11 is 0. The monoisotopic (exact) mass is 334 g/mol. The molecule has 130 valence electrons. The number of carbonyl (C=O) groups excluding carboxylic acids is 2. The molecule has 0 aliphatic heterocycles. The summed E-state index contributed by atoms with van der Waals surface area (Å²) in [6, 6.07) is 8.14. The topological polar surface area (TPSA) is 34.1 Å². The number of carbonyl (C=O) groups is 2. The molecule has 6 unspecified atom stereocenters. The summed E-state index contributed by atoms with van der Waals surface area (Å²) < 4.78 is 0. The fourth-order valence-electron chi connectivity index (χ4n) is 6.44. The lowest BCUT2D eigenvalue weighted by atomic mass is 9.72. The van der Waals surface area contributed by atoms with Gasteiger partial charge in [-0.3, -0.25) is 9.59 Å². The minimum atomic E-state index is -0.386. The first-order valence-corrected chi connectivity index (χ1v) is 9.96. The Morgan fingerprint density at radius 1 is 0.960 bits per heavy atom. The molecule has 6 atom stereocenters. The molecule has 0 spiro atoms. The van der Waals surface area contributed by atoms with E-state index < -0.39 is 0 Å². The molecule has 0 N–H and O–H groups in total. The number of aryl methyl sites for hydroxylation is 1. The second-order valence-corrected chi connectivity index (χ2v) is 8.90. The van der Waals surface area contributed by atoms with Crippen LogP contribution in [-0.2, 0) is 16.0 Å². The molecule has 0 saturated heterocycles. The fraction of sp³-hybridized carbons (Fsp3) is 0.565. The van der Waals surface area contributed by atoms with Crippen LogP contribution in [0.2, 0.25) is 0 Å². The number of hydrogen-bond donors (Lipinski definition) is 0. The number of fused-ring (bicyclic) bond motifs is 4. The van der Waals surface area contributed by atoms with Gasteiger partial charge in [-0.2, -0.15) is 0 Å². The van der Waals surface area contributed by atoms with E-state index in [1.54, 1.807) is 0 Å². The van der Waals surface area contributed by atoms with E-state index in [1.807, 2.05) is 18.2 Å². The molecule has 1 aromatic rings. The lowest BCUT2D eigenvalue weighted by Gasteiger charge is -2.32. The van der Waals surface area contributed by atoms with E-state index in [9.17, 15) is 9.59 Å². The summed E-state index contributed by atoms with van der Waals surface area (Å²) in [7, 11) is 0. The molecule has 4 aliphatic carbocycles. The van der Waals surface area contributed by atoms with Crippen LogP contribution < -0.4 is 0 Å². The van der Waals surface area contributed by atoms with Crippen molar-refractivity contribution in [3.05, 3.63) is 41.0 Å². The van der Waals surface area contributed by atoms with Crippen LogP contribution in [0.4, 0.5) is 0 Å². The second kappa shape index (κ2) is 5.40. The molecule has 2 bridgehead atoms. The van der Waals surface area contributed by atoms with Crippen LogP contribution in [0.5, 0.6) is 0 Å². The van der Waals surface area contributed by atoms with Crippen LogP contribution in [-0.4, -0.2) is 11.6 Å². The lowest BCUT2D eigenvalue weighted by Crippen LogP contribution is -2.29. The SMILES string of the molecule is CC1C2CC(CC3C(=O)C4=C(C3=O)c3ccccc3CC4)C(C2)C1C. The molecule has 5 rings (SSSR count). The van der Waals surface area contributed by atoms with E-state index in [4.69, 9.17) is 0 Å². The third-order valence-corrected chi connectivity index (χ3v) is 7.98. The number of rotatable bonds is 2. The quantitative estimate of drug-likeness (QED) is 0.748. The smallest absolute Gasteiger partial charge is 0.174 e. The Bertz CT molecular complexity index is 800. The van der Waals surface area contributed by atoms with Gasteiger partial charge >= 0.3 is 0 Å². The van der Waals surface area contributed by atoms with Gasteiger partial charge in [0.2, 0.25) is 0 Å². The summed E-state index contributed by atoms with van der Waals surface area (Å²) in [5.41, 5.74) is 3.85. The molecule has 25 heavy (non-hydrogen) atoms. The number of benzene rings is 1. The van der Waals surface area contributed by atoms with E-state index >= 15 is 0 Å². The largest absolute Gasteiger partial charge is 0.294 e. The number of allylic oxidation sites excluding steroid dienone is 2. The van der Waals surface area contributed by atoms with Crippen molar-refractivity contribution in [3.8, 4) is 0 Å². The van der Waals surface area contributed by atoms with E-state index in [0.29, 0.717) is 5.92 Å². The first-order chi connectivity index (χ1) is 12.1. The zero-order chi connectivity index (χ0) is 17.3. The molecule has 2 nitrogen and oxygen atoms in total. The van der Waals surface area contributed by atoms with Crippen molar-refractivity contribution >= 4 is 17.1 Å². The van der Waals surface area contributed by atoms with Gasteiger partial charge in [-0.05, 0) is 72.8 Å². The van der Waals surface area contributed by atoms with Crippen molar-refractivity contribution in [2.24, 2.45) is 35.5 Å². The molecule has 0 radical (unpaired) electrons. The maximum Gasteiger partial charge on any atom is 0.174 e. The fourth-order valence-corrected chi connectivity index (χ4v) is 6.44. The zero-order valence-corrected chi connectivity index (χ0v) is 15.1. The highest BCUT2D eigenvalue weighted by molar-refractivity contribution is 6.40. The maximum atomic E-state index is 13.2. The maximum absolute atomic E-state index is 13.2. The van der Waals surface area contributed by atoms with E-state index in [1.165, 1.54) is 18.4 Å². The highest BCUT2D eigenvalue weighted by Gasteiger charge is 2.51. The average molecular weight is 334 g/mol. The highest BCUT2D eigenvalue weighted by atomic mass is 16.2. The van der Waals surface area contributed by atoms with Crippen molar-refractivity contribution in [3.63, 3.8) is 0 Å². The summed E-state index contributed by atoms with van der Waals surface area (Å²) in [4.78, 5) is 26.2. The Morgan fingerprint density at radius 3 is 2.52 bits per heavy atom. The number of ketones is 2. The van der Waals surface area contributed by atoms with Gasteiger partial charge in [0.15, 0.2) is 11.6 Å². The molecule has 1 aromatic carbocycles. The Hall–Kier alpha value is -1.70. The molecule has 4 aliphatic rings. The van der Waals surface area contributed by atoms with Gasteiger partial charge in [0, 0.05) is 11.1 Å². The zero-order valence-electron chi connectivity index (χ0n) is 15.1. The molecule has 2 fully saturated rings. The second-order valence-electron chi connectivity index (χ2n) is 8.90. The first kappa shape index (κ1) is 15.5. The Kier molecular flexibility index (Phi) is 3.36. The van der Waals surface area contributed by atoms with Crippen LogP contribution in [0.1, 0.15) is 50.7 Å². The third-order valence-electron chi connectivity index (χ3n) is 7.98. The highest BCUT2D eigenvalue weighted by Crippen LogP contribution is 2.57. The van der Waals surface area contributed by atoms with Crippen LogP contribution in [0.3, 0.4) is 0 Å². The molecule has 0 heterocycles. The van der Waals surface area contributed by atoms with Gasteiger partial charge in [0.25, 0.3) is 0 Å². The third kappa shape index (κ3) is 2.09. The normalized spacial score (nSPS) is 39.1. The first-order valence-electron chi connectivity index (χ1n) is 9.96. The Balaban J connectivity index is 1.42. The summed E-state index contributed by atoms with van der Waals surface area (Å²) in [5, 5.41) is 0. The van der Waals surface area contributed by atoms with Gasteiger partial charge in [-0.25, -0.2) is 0 Å². The summed E-state index contributed by atoms with van der Waals surface area (Å²) in [5.74, 6) is 3.57. The summed E-state index contributed by atoms with van der Waals surface area (Å²) in [6.45, 7) is 4.76. The number of hydrogen-bond acceptors (Lipinski definition) is 2. The van der Waals surface area contributed by atoms with E-state index in [-0.39, 0.29) is 17.5 Å². The molecule has 0 amide bonds. The van der Waals surface area contributed by atoms with E-state index in [0.717, 1.165) is 59.6 Å². The summed E-state index contributed by atoms with van der Waals surface area (Å²) in [6.07, 6.45) is 4.98. The Morgan fingerprint density at radius 2 is 1.76 bits per heavy atom. The van der Waals surface area contributed by atoms with Crippen LogP contribution in [0, 0.1) is 35.5 Å². The Labute approximate surface area is 149 Å². The molecule has 2 saturated carbocycles. The van der Waals surface area contributed by atoms with Gasteiger partial charge < -0.3 is 0 Å². The predicted molar refractivity (Wildman–Crippen MR) is 97.8 cm³/mol. The lowest BCUT2D eigenvalue weighted by molar-refractivity contribution is -0.126. The molecule has 0 aromatic heterocycles. The van der Waals surface area contributed by atoms with Gasteiger partial charge in [-0.1, -0.05) is 38.1 Å². The van der Waals surface area contributed by atoms with Crippen LogP contribution >= 0.6 is 0 Å². The van der Waals surface area contributed by atoms with Crippen molar-refractivity contribution in [2.45, 2.75) is 46.0 Å². The standard InChI is InChI=1S/C23H26O2/c1-12-13(2)19-10-15(12)9-16(19)11-20-22(24)18-8-7-14-5-3-4-6-17(14)21(18)23(20)25/h3-6,12-13,15-16,19-20H,7-11H2,1-2H3. The minimum absolute atomic E-state index is 0.121. The molecular weight excluding hydrogens is 308 g/mol. The van der Waals surface area contributed by atoms with Crippen molar-refractivity contribution in [1.82, 2.24) is 0 Å². The van der Waals surface area contributed by atoms with Gasteiger partial charge in [-0.15, -0.1) is 0 Å².